The first kappa shape index (κ1) is 13.1. The minimum atomic E-state index is 1.29. The molecule has 2 aromatic carbocycles. The number of hydrogen-bond acceptors (Lipinski definition) is 0. The first-order valence-corrected chi connectivity index (χ1v) is 8.16. The van der Waals surface area contributed by atoms with Gasteiger partial charge in [-0.05, 0) is 0 Å². The van der Waals surface area contributed by atoms with Crippen molar-refractivity contribution in [1.29, 1.82) is 0 Å². The zero-order chi connectivity index (χ0) is 11.5. The van der Waals surface area contributed by atoms with Crippen molar-refractivity contribution in [1.82, 2.24) is 0 Å². The van der Waals surface area contributed by atoms with Crippen molar-refractivity contribution in [2.75, 3.05) is 0 Å². The van der Waals surface area contributed by atoms with Gasteiger partial charge >= 0.3 is 139 Å². The molecule has 0 fully saturated rings. The quantitative estimate of drug-likeness (QED) is 0.538. The van der Waals surface area contributed by atoms with E-state index < -0.39 is 0 Å². The topological polar surface area (TPSA) is 0 Å². The first-order chi connectivity index (χ1) is 7.66. The molecule has 0 spiro atoms. The van der Waals surface area contributed by atoms with Gasteiger partial charge < -0.3 is 0 Å². The van der Waals surface area contributed by atoms with Crippen molar-refractivity contribution in [3.8, 4) is 0 Å². The van der Waals surface area contributed by atoms with Crippen LogP contribution in [0.4, 0.5) is 0 Å². The van der Waals surface area contributed by atoms with Gasteiger partial charge in [0, 0.05) is 0 Å². The Labute approximate surface area is 137 Å². The summed E-state index contributed by atoms with van der Waals surface area (Å²) < 4.78 is 4.01. The van der Waals surface area contributed by atoms with Crippen LogP contribution in [-0.2, 0) is 24.2 Å². The number of halogens is 2. The maximum absolute atomic E-state index is 2.36. The molecule has 0 amide bonds. The van der Waals surface area contributed by atoms with E-state index in [0.717, 1.165) is 0 Å². The standard InChI is InChI=1S/C13H8I2.Zr/c14-12-5-1-3-10(8-12)7-11-4-2-6-13(15)9-11;/h1-6,8-9H;/q;+2. The average Bonchev–Trinajstić information content (AvgIpc) is 2.28. The fraction of sp³-hybridized carbons (Fsp3) is 0. The van der Waals surface area contributed by atoms with Gasteiger partial charge in [-0.1, -0.05) is 0 Å². The molecule has 0 bridgehead atoms. The normalized spacial score (nSPS) is 10.2. The first-order valence-electron chi connectivity index (χ1n) is 4.77. The Kier molecular flexibility index (Phi) is 4.92. The van der Waals surface area contributed by atoms with Crippen LogP contribution in [0, 0.1) is 7.14 Å². The second kappa shape index (κ2) is 6.01. The van der Waals surface area contributed by atoms with Gasteiger partial charge in [-0.3, -0.25) is 0 Å². The van der Waals surface area contributed by atoms with Gasteiger partial charge in [-0.25, -0.2) is 0 Å². The molecule has 16 heavy (non-hydrogen) atoms. The van der Waals surface area contributed by atoms with Gasteiger partial charge in [0.1, 0.15) is 0 Å². The van der Waals surface area contributed by atoms with Crippen molar-refractivity contribution in [2.45, 2.75) is 0 Å². The van der Waals surface area contributed by atoms with E-state index in [-0.39, 0.29) is 0 Å². The van der Waals surface area contributed by atoms with E-state index in [9.17, 15) is 0 Å². The summed E-state index contributed by atoms with van der Waals surface area (Å²) in [5.74, 6) is 0. The van der Waals surface area contributed by atoms with Crippen LogP contribution in [0.2, 0.25) is 0 Å². The average molecular weight is 509 g/mol. The molecule has 0 N–H and O–H groups in total. The third-order valence-corrected chi connectivity index (χ3v) is 4.99. The van der Waals surface area contributed by atoms with Crippen LogP contribution in [0.15, 0.2) is 48.5 Å². The van der Waals surface area contributed by atoms with Gasteiger partial charge in [0.15, 0.2) is 0 Å². The van der Waals surface area contributed by atoms with E-state index in [0.29, 0.717) is 0 Å². The Morgan fingerprint density at radius 1 is 0.812 bits per heavy atom. The fourth-order valence-corrected chi connectivity index (χ4v) is 3.31. The predicted octanol–water partition coefficient (Wildman–Crippen LogP) is 4.01. The molecular weight excluding hydrogens is 501 g/mol. The Morgan fingerprint density at radius 2 is 1.25 bits per heavy atom. The summed E-state index contributed by atoms with van der Waals surface area (Å²) in [5, 5.41) is 0. The molecule has 0 saturated carbocycles. The van der Waals surface area contributed by atoms with Crippen LogP contribution in [-0.4, -0.2) is 3.21 Å². The van der Waals surface area contributed by atoms with Crippen molar-refractivity contribution in [2.24, 2.45) is 0 Å². The summed E-state index contributed by atoms with van der Waals surface area (Å²) in [7, 11) is 0. The van der Waals surface area contributed by atoms with E-state index in [1.165, 1.54) is 45.7 Å². The second-order valence-electron chi connectivity index (χ2n) is 3.40. The second-order valence-corrected chi connectivity index (χ2v) is 7.12. The van der Waals surface area contributed by atoms with E-state index >= 15 is 0 Å². The van der Waals surface area contributed by atoms with E-state index in [1.807, 2.05) is 0 Å². The molecule has 0 heterocycles. The molecular formula is C13H8I2Zr+2. The third-order valence-electron chi connectivity index (χ3n) is 2.23. The molecule has 76 valence electrons. The predicted molar refractivity (Wildman–Crippen MR) is 81.5 cm³/mol. The van der Waals surface area contributed by atoms with Crippen molar-refractivity contribution in [3.05, 3.63) is 66.8 Å². The Hall–Kier alpha value is 0.653. The Morgan fingerprint density at radius 3 is 1.62 bits per heavy atom. The van der Waals surface area contributed by atoms with Crippen molar-refractivity contribution < 1.29 is 24.2 Å². The van der Waals surface area contributed by atoms with Gasteiger partial charge in [-0.15, -0.1) is 0 Å². The molecule has 0 aliphatic carbocycles. The maximum atomic E-state index is 2.36. The Balaban J connectivity index is 2.39. The van der Waals surface area contributed by atoms with Crippen LogP contribution in [0.3, 0.4) is 0 Å². The van der Waals surface area contributed by atoms with Crippen LogP contribution in [0.5, 0.6) is 0 Å². The molecule has 2 aromatic rings. The molecule has 0 nitrogen and oxygen atoms in total. The molecule has 2 rings (SSSR count). The molecule has 3 heteroatoms. The summed E-state index contributed by atoms with van der Waals surface area (Å²) in [5.41, 5.74) is 2.68. The summed E-state index contributed by atoms with van der Waals surface area (Å²) in [6, 6.07) is 17.3. The molecule has 0 atom stereocenters. The zero-order valence-corrected chi connectivity index (χ0v) is 15.1. The monoisotopic (exact) mass is 508 g/mol. The van der Waals surface area contributed by atoms with Gasteiger partial charge in [0.25, 0.3) is 0 Å². The van der Waals surface area contributed by atoms with Crippen molar-refractivity contribution >= 4 is 48.4 Å². The zero-order valence-electron chi connectivity index (χ0n) is 8.37. The summed E-state index contributed by atoms with van der Waals surface area (Å²) in [6.45, 7) is 0. The number of hydrogen-bond donors (Lipinski definition) is 0. The summed E-state index contributed by atoms with van der Waals surface area (Å²) in [6.07, 6.45) is 0. The summed E-state index contributed by atoms with van der Waals surface area (Å²) in [4.78, 5) is 0. The SMILES string of the molecule is [Zr+2]=[C](c1cccc(I)c1)c1cccc(I)c1. The number of rotatable bonds is 2. The number of benzene rings is 2. The third kappa shape index (κ3) is 3.33. The van der Waals surface area contributed by atoms with Gasteiger partial charge in [0.05, 0.1) is 0 Å². The molecule has 0 unspecified atom stereocenters. The Bertz CT molecular complexity index is 487. The van der Waals surface area contributed by atoms with Crippen molar-refractivity contribution in [3.63, 3.8) is 0 Å². The molecule has 0 aliphatic rings. The minimum absolute atomic E-state index is 1.29. The van der Waals surface area contributed by atoms with E-state index in [4.69, 9.17) is 0 Å². The van der Waals surface area contributed by atoms with Crippen LogP contribution in [0.1, 0.15) is 11.1 Å². The molecule has 0 aromatic heterocycles. The van der Waals surface area contributed by atoms with Crippen LogP contribution in [0.25, 0.3) is 0 Å². The van der Waals surface area contributed by atoms with Crippen LogP contribution >= 0.6 is 45.2 Å². The van der Waals surface area contributed by atoms with E-state index in [2.05, 4.69) is 93.7 Å². The molecule has 0 saturated heterocycles. The van der Waals surface area contributed by atoms with E-state index in [1.54, 1.807) is 0 Å². The molecule has 0 aliphatic heterocycles. The van der Waals surface area contributed by atoms with Gasteiger partial charge in [0.2, 0.25) is 0 Å². The summed E-state index contributed by atoms with van der Waals surface area (Å²) >= 11 is 6.18. The molecule has 0 radical (unpaired) electrons. The fourth-order valence-electron chi connectivity index (χ4n) is 1.45. The van der Waals surface area contributed by atoms with Gasteiger partial charge in [-0.2, -0.15) is 0 Å². The van der Waals surface area contributed by atoms with Crippen LogP contribution < -0.4 is 0 Å².